The monoisotopic (exact) mass is 378 g/mol. The van der Waals surface area contributed by atoms with E-state index in [0.717, 1.165) is 11.1 Å². The van der Waals surface area contributed by atoms with E-state index in [-0.39, 0.29) is 11.1 Å². The summed E-state index contributed by atoms with van der Waals surface area (Å²) < 4.78 is 12.0. The number of carbonyl (C=O) groups excluding carboxylic acids is 1. The van der Waals surface area contributed by atoms with Gasteiger partial charge in [-0.2, -0.15) is 0 Å². The number of rotatable bonds is 6. The zero-order valence-corrected chi connectivity index (χ0v) is 16.1. The van der Waals surface area contributed by atoms with Crippen LogP contribution in [0.1, 0.15) is 21.5 Å². The average Bonchev–Trinajstić information content (AvgIpc) is 2.71. The molecule has 2 aromatic carbocycles. The smallest absolute Gasteiger partial charge is 0.263 e. The molecule has 1 aromatic heterocycles. The van der Waals surface area contributed by atoms with Gasteiger partial charge in [-0.05, 0) is 42.3 Å². The maximum atomic E-state index is 12.8. The number of ether oxygens (including phenoxy) is 2. The van der Waals surface area contributed by atoms with Gasteiger partial charge in [-0.1, -0.05) is 24.3 Å². The summed E-state index contributed by atoms with van der Waals surface area (Å²) in [6.07, 6.45) is 1.68. The molecule has 0 saturated heterocycles. The van der Waals surface area contributed by atoms with Crippen LogP contribution < -0.4 is 20.3 Å². The van der Waals surface area contributed by atoms with Gasteiger partial charge in [0.1, 0.15) is 17.1 Å². The van der Waals surface area contributed by atoms with Gasteiger partial charge in [0.2, 0.25) is 0 Å². The fraction of sp³-hybridized carbons (Fsp3) is 0.182. The Hall–Kier alpha value is -3.54. The first-order valence-electron chi connectivity index (χ1n) is 8.81. The van der Waals surface area contributed by atoms with E-state index in [1.54, 1.807) is 30.5 Å². The molecule has 0 aliphatic carbocycles. The summed E-state index contributed by atoms with van der Waals surface area (Å²) in [7, 11) is 3.05. The molecule has 6 heteroatoms. The van der Waals surface area contributed by atoms with Crippen LogP contribution in [0, 0.1) is 6.92 Å². The maximum Gasteiger partial charge on any atom is 0.263 e. The molecular weight excluding hydrogens is 356 g/mol. The Morgan fingerprint density at radius 2 is 1.82 bits per heavy atom. The van der Waals surface area contributed by atoms with E-state index >= 15 is 0 Å². The second kappa shape index (κ2) is 8.43. The lowest BCUT2D eigenvalue weighted by atomic mass is 10.1. The van der Waals surface area contributed by atoms with E-state index in [4.69, 9.17) is 9.47 Å². The minimum atomic E-state index is -0.504. The molecular formula is C22H22N2O4. The van der Waals surface area contributed by atoms with Crippen molar-refractivity contribution < 1.29 is 14.3 Å². The first-order chi connectivity index (χ1) is 13.5. The number of anilines is 1. The molecule has 0 bridgehead atoms. The lowest BCUT2D eigenvalue weighted by Crippen LogP contribution is -2.29. The SMILES string of the molecule is COc1ccc(OC)c(NC(=O)c2cccn(Cc3ccccc3C)c2=O)c1. The Balaban J connectivity index is 1.89. The number of amides is 1. The predicted octanol–water partition coefficient (Wildman–Crippen LogP) is 3.47. The summed E-state index contributed by atoms with van der Waals surface area (Å²) in [5.41, 5.74) is 2.24. The van der Waals surface area contributed by atoms with Gasteiger partial charge in [0.05, 0.1) is 26.5 Å². The minimum absolute atomic E-state index is 0.0564. The van der Waals surface area contributed by atoms with Crippen LogP contribution in [0.15, 0.2) is 65.6 Å². The van der Waals surface area contributed by atoms with Gasteiger partial charge < -0.3 is 19.4 Å². The third-order valence-electron chi connectivity index (χ3n) is 4.52. The maximum absolute atomic E-state index is 12.8. The van der Waals surface area contributed by atoms with Crippen molar-refractivity contribution in [2.45, 2.75) is 13.5 Å². The van der Waals surface area contributed by atoms with E-state index in [2.05, 4.69) is 5.32 Å². The van der Waals surface area contributed by atoms with E-state index in [1.165, 1.54) is 24.9 Å². The highest BCUT2D eigenvalue weighted by molar-refractivity contribution is 6.04. The summed E-state index contributed by atoms with van der Waals surface area (Å²) in [6.45, 7) is 2.39. The van der Waals surface area contributed by atoms with Crippen molar-refractivity contribution in [2.75, 3.05) is 19.5 Å². The van der Waals surface area contributed by atoms with E-state index in [9.17, 15) is 9.59 Å². The Bertz CT molecular complexity index is 1060. The number of methoxy groups -OCH3 is 2. The Kier molecular flexibility index (Phi) is 5.79. The van der Waals surface area contributed by atoms with Crippen molar-refractivity contribution in [2.24, 2.45) is 0 Å². The Labute approximate surface area is 163 Å². The van der Waals surface area contributed by atoms with Crippen molar-refractivity contribution >= 4 is 11.6 Å². The molecule has 0 fully saturated rings. The van der Waals surface area contributed by atoms with Crippen LogP contribution in [-0.4, -0.2) is 24.7 Å². The Morgan fingerprint density at radius 1 is 1.04 bits per heavy atom. The zero-order valence-electron chi connectivity index (χ0n) is 16.1. The second-order valence-corrected chi connectivity index (χ2v) is 6.30. The standard InChI is InChI=1S/C22H22N2O4/c1-15-7-4-5-8-16(15)14-24-12-6-9-18(22(24)26)21(25)23-19-13-17(27-2)10-11-20(19)28-3/h4-13H,14H2,1-3H3,(H,23,25). The van der Waals surface area contributed by atoms with Crippen molar-refractivity contribution in [3.8, 4) is 11.5 Å². The number of aromatic nitrogens is 1. The Morgan fingerprint density at radius 3 is 2.54 bits per heavy atom. The molecule has 3 rings (SSSR count). The summed E-state index contributed by atoms with van der Waals surface area (Å²) >= 11 is 0. The highest BCUT2D eigenvalue weighted by Gasteiger charge is 2.15. The lowest BCUT2D eigenvalue weighted by molar-refractivity contribution is 0.102. The van der Waals surface area contributed by atoms with Crippen LogP contribution in [-0.2, 0) is 6.54 Å². The topological polar surface area (TPSA) is 69.6 Å². The second-order valence-electron chi connectivity index (χ2n) is 6.30. The van der Waals surface area contributed by atoms with Gasteiger partial charge >= 0.3 is 0 Å². The molecule has 0 atom stereocenters. The normalized spacial score (nSPS) is 10.4. The molecule has 0 aliphatic heterocycles. The minimum Gasteiger partial charge on any atom is -0.497 e. The molecule has 3 aromatic rings. The number of nitrogens with one attached hydrogen (secondary N) is 1. The number of nitrogens with zero attached hydrogens (tertiary/aromatic N) is 1. The number of aryl methyl sites for hydroxylation is 1. The van der Waals surface area contributed by atoms with Gasteiger partial charge in [0.25, 0.3) is 11.5 Å². The van der Waals surface area contributed by atoms with E-state index < -0.39 is 5.91 Å². The van der Waals surface area contributed by atoms with Crippen molar-refractivity contribution in [1.82, 2.24) is 4.57 Å². The van der Waals surface area contributed by atoms with Gasteiger partial charge in [0, 0.05) is 12.3 Å². The molecule has 1 N–H and O–H groups in total. The number of hydrogen-bond donors (Lipinski definition) is 1. The fourth-order valence-electron chi connectivity index (χ4n) is 2.91. The van der Waals surface area contributed by atoms with Crippen LogP contribution >= 0.6 is 0 Å². The van der Waals surface area contributed by atoms with Gasteiger partial charge in [-0.25, -0.2) is 0 Å². The van der Waals surface area contributed by atoms with Crippen molar-refractivity contribution in [3.63, 3.8) is 0 Å². The van der Waals surface area contributed by atoms with Crippen LogP contribution in [0.5, 0.6) is 11.5 Å². The van der Waals surface area contributed by atoms with Crippen molar-refractivity contribution in [3.05, 3.63) is 87.8 Å². The lowest BCUT2D eigenvalue weighted by Gasteiger charge is -2.13. The largest absolute Gasteiger partial charge is 0.497 e. The quantitative estimate of drug-likeness (QED) is 0.713. The molecule has 6 nitrogen and oxygen atoms in total. The molecule has 144 valence electrons. The summed E-state index contributed by atoms with van der Waals surface area (Å²) in [4.78, 5) is 25.6. The summed E-state index contributed by atoms with van der Waals surface area (Å²) in [5, 5.41) is 2.74. The number of benzene rings is 2. The number of pyridine rings is 1. The highest BCUT2D eigenvalue weighted by Crippen LogP contribution is 2.29. The molecule has 0 radical (unpaired) electrons. The average molecular weight is 378 g/mol. The molecule has 0 aliphatic rings. The zero-order chi connectivity index (χ0) is 20.1. The van der Waals surface area contributed by atoms with Crippen molar-refractivity contribution in [1.29, 1.82) is 0 Å². The summed E-state index contributed by atoms with van der Waals surface area (Å²) in [6, 6.07) is 16.1. The van der Waals surface area contributed by atoms with Crippen LogP contribution in [0.2, 0.25) is 0 Å². The van der Waals surface area contributed by atoms with Crippen LogP contribution in [0.25, 0.3) is 0 Å². The molecule has 1 amide bonds. The highest BCUT2D eigenvalue weighted by atomic mass is 16.5. The first kappa shape index (κ1) is 19.2. The van der Waals surface area contributed by atoms with Crippen LogP contribution in [0.4, 0.5) is 5.69 Å². The predicted molar refractivity (Wildman–Crippen MR) is 108 cm³/mol. The third kappa shape index (κ3) is 4.06. The van der Waals surface area contributed by atoms with Gasteiger partial charge in [-0.3, -0.25) is 9.59 Å². The molecule has 0 saturated carbocycles. The summed E-state index contributed by atoms with van der Waals surface area (Å²) in [5.74, 6) is 0.544. The van der Waals surface area contributed by atoms with Crippen LogP contribution in [0.3, 0.4) is 0 Å². The third-order valence-corrected chi connectivity index (χ3v) is 4.52. The van der Waals surface area contributed by atoms with Gasteiger partial charge in [0.15, 0.2) is 0 Å². The molecule has 0 spiro atoms. The fourth-order valence-corrected chi connectivity index (χ4v) is 2.91. The van der Waals surface area contributed by atoms with E-state index in [1.807, 2.05) is 31.2 Å². The van der Waals surface area contributed by atoms with E-state index in [0.29, 0.717) is 23.7 Å². The molecule has 0 unspecified atom stereocenters. The van der Waals surface area contributed by atoms with Gasteiger partial charge in [-0.15, -0.1) is 0 Å². The number of carbonyl (C=O) groups is 1. The first-order valence-corrected chi connectivity index (χ1v) is 8.81. The number of hydrogen-bond acceptors (Lipinski definition) is 4. The molecule has 1 heterocycles. The molecule has 28 heavy (non-hydrogen) atoms.